The van der Waals surface area contributed by atoms with E-state index in [0.717, 1.165) is 32.8 Å². The van der Waals surface area contributed by atoms with Crippen molar-refractivity contribution in [2.24, 2.45) is 0 Å². The molecule has 0 aliphatic rings. The maximum absolute atomic E-state index is 5.72. The van der Waals surface area contributed by atoms with E-state index in [-0.39, 0.29) is 0 Å². The zero-order valence-electron chi connectivity index (χ0n) is 23.7. The fourth-order valence-corrected chi connectivity index (χ4v) is 4.69. The Morgan fingerprint density at radius 1 is 0.324 bits per heavy atom. The van der Waals surface area contributed by atoms with E-state index in [1.54, 1.807) is 0 Å². The summed E-state index contributed by atoms with van der Waals surface area (Å²) in [5, 5.41) is 0. The number of unbranched alkanes of at least 4 members (excludes halogenated alkanes) is 24. The number of rotatable bonds is 31. The van der Waals surface area contributed by atoms with E-state index < -0.39 is 0 Å². The van der Waals surface area contributed by atoms with Gasteiger partial charge >= 0.3 is 0 Å². The molecule has 0 saturated heterocycles. The first kappa shape index (κ1) is 33.9. The second-order valence-electron chi connectivity index (χ2n) is 10.6. The summed E-state index contributed by atoms with van der Waals surface area (Å²) in [4.78, 5) is 0. The van der Waals surface area contributed by atoms with Gasteiger partial charge in [-0.3, -0.25) is 0 Å². The molecule has 2 nitrogen and oxygen atoms in total. The fourth-order valence-electron chi connectivity index (χ4n) is 4.69. The first-order valence-corrected chi connectivity index (χ1v) is 15.9. The third-order valence-electron chi connectivity index (χ3n) is 7.05. The van der Waals surface area contributed by atoms with Crippen molar-refractivity contribution < 1.29 is 9.47 Å². The number of ether oxygens (including phenoxy) is 2. The van der Waals surface area contributed by atoms with Crippen molar-refractivity contribution in [3.63, 3.8) is 0 Å². The molecule has 205 valence electrons. The van der Waals surface area contributed by atoms with Crippen molar-refractivity contribution in [3.05, 3.63) is 6.92 Å². The highest BCUT2D eigenvalue weighted by molar-refractivity contribution is 4.51. The lowest BCUT2D eigenvalue weighted by atomic mass is 10.0. The molecule has 0 heterocycles. The summed E-state index contributed by atoms with van der Waals surface area (Å²) in [7, 11) is 0. The lowest BCUT2D eigenvalue weighted by molar-refractivity contribution is 0.0448. The standard InChI is InChI=1S/C32H65O2/c1-3-5-7-9-11-13-15-16-17-18-19-20-22-24-26-28-30-34-32-31-33-29-27-25-23-21-14-12-10-8-6-4-2/h2-32H2,1H3. The third kappa shape index (κ3) is 31.9. The minimum atomic E-state index is 0.769. The van der Waals surface area contributed by atoms with Crippen LogP contribution in [0.15, 0.2) is 0 Å². The van der Waals surface area contributed by atoms with Gasteiger partial charge in [0.05, 0.1) is 13.2 Å². The largest absolute Gasteiger partial charge is 0.379 e. The van der Waals surface area contributed by atoms with Crippen LogP contribution in [0.4, 0.5) is 0 Å². The minimum absolute atomic E-state index is 0.769. The smallest absolute Gasteiger partial charge is 0.0700 e. The molecule has 0 aliphatic carbocycles. The SMILES string of the molecule is [CH2]CCCCCCCCCCCOCCOCCCCCCCCCCCCCCCCCC. The van der Waals surface area contributed by atoms with E-state index in [4.69, 9.17) is 9.47 Å². The van der Waals surface area contributed by atoms with Gasteiger partial charge in [-0.15, -0.1) is 0 Å². The van der Waals surface area contributed by atoms with Crippen molar-refractivity contribution >= 4 is 0 Å². The summed E-state index contributed by atoms with van der Waals surface area (Å²) in [6.45, 7) is 9.56. The Kier molecular flexibility index (Phi) is 32.8. The van der Waals surface area contributed by atoms with Crippen molar-refractivity contribution in [2.45, 2.75) is 174 Å². The molecule has 1 radical (unpaired) electrons. The van der Waals surface area contributed by atoms with Crippen LogP contribution in [0.25, 0.3) is 0 Å². The molecule has 0 fully saturated rings. The number of hydrogen-bond donors (Lipinski definition) is 0. The quantitative estimate of drug-likeness (QED) is 0.0916. The predicted molar refractivity (Wildman–Crippen MR) is 153 cm³/mol. The van der Waals surface area contributed by atoms with Gasteiger partial charge in [0.15, 0.2) is 0 Å². The molecule has 0 rings (SSSR count). The molecular weight excluding hydrogens is 416 g/mol. The Morgan fingerprint density at radius 2 is 0.588 bits per heavy atom. The van der Waals surface area contributed by atoms with E-state index in [1.807, 2.05) is 0 Å². The van der Waals surface area contributed by atoms with Crippen LogP contribution in [-0.4, -0.2) is 26.4 Å². The average Bonchev–Trinajstić information content (AvgIpc) is 2.85. The lowest BCUT2D eigenvalue weighted by Crippen LogP contribution is -2.06. The van der Waals surface area contributed by atoms with Gasteiger partial charge in [-0.2, -0.15) is 0 Å². The Hall–Kier alpha value is -0.0800. The van der Waals surface area contributed by atoms with E-state index in [1.165, 1.54) is 161 Å². The molecule has 2 heteroatoms. The molecule has 0 N–H and O–H groups in total. The maximum Gasteiger partial charge on any atom is 0.0700 e. The Balaban J connectivity index is 2.99. The summed E-state index contributed by atoms with van der Waals surface area (Å²) in [5.41, 5.74) is 0. The van der Waals surface area contributed by atoms with Crippen molar-refractivity contribution in [1.82, 2.24) is 0 Å². The summed E-state index contributed by atoms with van der Waals surface area (Å²) in [6.07, 6.45) is 36.0. The molecule has 0 unspecified atom stereocenters. The Morgan fingerprint density at radius 3 is 0.882 bits per heavy atom. The molecule has 0 aliphatic heterocycles. The highest BCUT2D eigenvalue weighted by atomic mass is 16.5. The van der Waals surface area contributed by atoms with E-state index >= 15 is 0 Å². The molecule has 34 heavy (non-hydrogen) atoms. The highest BCUT2D eigenvalue weighted by Gasteiger charge is 1.96. The van der Waals surface area contributed by atoms with Crippen LogP contribution in [0.1, 0.15) is 174 Å². The molecule has 0 aromatic rings. The summed E-state index contributed by atoms with van der Waals surface area (Å²) in [5.74, 6) is 0. The summed E-state index contributed by atoms with van der Waals surface area (Å²) >= 11 is 0. The Labute approximate surface area is 216 Å². The van der Waals surface area contributed by atoms with Crippen molar-refractivity contribution in [3.8, 4) is 0 Å². The number of hydrogen-bond acceptors (Lipinski definition) is 2. The normalized spacial score (nSPS) is 11.5. The van der Waals surface area contributed by atoms with Crippen LogP contribution < -0.4 is 0 Å². The van der Waals surface area contributed by atoms with E-state index in [9.17, 15) is 0 Å². The monoisotopic (exact) mass is 481 g/mol. The van der Waals surface area contributed by atoms with Gasteiger partial charge in [-0.1, -0.05) is 168 Å². The first-order valence-electron chi connectivity index (χ1n) is 15.9. The topological polar surface area (TPSA) is 18.5 Å². The van der Waals surface area contributed by atoms with E-state index in [2.05, 4.69) is 13.8 Å². The first-order chi connectivity index (χ1) is 16.9. The van der Waals surface area contributed by atoms with Crippen LogP contribution in [0.3, 0.4) is 0 Å². The van der Waals surface area contributed by atoms with Gasteiger partial charge < -0.3 is 9.47 Å². The molecular formula is C32H65O2. The summed E-state index contributed by atoms with van der Waals surface area (Å²) in [6, 6.07) is 0. The van der Waals surface area contributed by atoms with Gasteiger partial charge in [-0.25, -0.2) is 0 Å². The molecule has 0 atom stereocenters. The molecule has 0 saturated carbocycles. The van der Waals surface area contributed by atoms with Crippen molar-refractivity contribution in [1.29, 1.82) is 0 Å². The average molecular weight is 482 g/mol. The van der Waals surface area contributed by atoms with Crippen LogP contribution in [0.2, 0.25) is 0 Å². The zero-order chi connectivity index (χ0) is 24.6. The van der Waals surface area contributed by atoms with Gasteiger partial charge in [0.1, 0.15) is 0 Å². The van der Waals surface area contributed by atoms with Gasteiger partial charge in [-0.05, 0) is 12.8 Å². The lowest BCUT2D eigenvalue weighted by Gasteiger charge is -2.06. The molecule has 0 spiro atoms. The van der Waals surface area contributed by atoms with Gasteiger partial charge in [0.25, 0.3) is 0 Å². The zero-order valence-corrected chi connectivity index (χ0v) is 23.7. The Bertz CT molecular complexity index is 299. The van der Waals surface area contributed by atoms with Gasteiger partial charge in [0.2, 0.25) is 0 Å². The molecule has 0 amide bonds. The van der Waals surface area contributed by atoms with Gasteiger partial charge in [0, 0.05) is 13.2 Å². The molecule has 0 aromatic carbocycles. The maximum atomic E-state index is 5.72. The molecule has 0 aromatic heterocycles. The van der Waals surface area contributed by atoms with Crippen LogP contribution in [0, 0.1) is 6.92 Å². The third-order valence-corrected chi connectivity index (χ3v) is 7.05. The van der Waals surface area contributed by atoms with Crippen LogP contribution in [-0.2, 0) is 9.47 Å². The summed E-state index contributed by atoms with van der Waals surface area (Å²) < 4.78 is 11.4. The predicted octanol–water partition coefficient (Wildman–Crippen LogP) is 11.0. The second kappa shape index (κ2) is 32.9. The molecule has 0 bridgehead atoms. The highest BCUT2D eigenvalue weighted by Crippen LogP contribution is 2.14. The van der Waals surface area contributed by atoms with Crippen LogP contribution >= 0.6 is 0 Å². The van der Waals surface area contributed by atoms with E-state index in [0.29, 0.717) is 0 Å². The minimum Gasteiger partial charge on any atom is -0.379 e. The fraction of sp³-hybridized carbons (Fsp3) is 0.969. The van der Waals surface area contributed by atoms with Crippen molar-refractivity contribution in [2.75, 3.05) is 26.4 Å². The second-order valence-corrected chi connectivity index (χ2v) is 10.6. The van der Waals surface area contributed by atoms with Crippen LogP contribution in [0.5, 0.6) is 0 Å².